The Morgan fingerprint density at radius 1 is 0.500 bits per heavy atom. The second-order valence-corrected chi connectivity index (χ2v) is 12.6. The molecule has 12 rings (SSSR count). The fourth-order valence-corrected chi connectivity index (χ4v) is 8.98. The van der Waals surface area contributed by atoms with Crippen LogP contribution in [0.3, 0.4) is 0 Å². The Labute approximate surface area is 264 Å². The van der Waals surface area contributed by atoms with E-state index in [-0.39, 0.29) is 0 Å². The molecular weight excluding hydrogens is 564 g/mol. The number of hydrogen-bond donors (Lipinski definition) is 0. The lowest BCUT2D eigenvalue weighted by Gasteiger charge is -2.43. The van der Waals surface area contributed by atoms with Crippen LogP contribution in [0.25, 0.3) is 49.9 Å². The zero-order chi connectivity index (χ0) is 29.7. The lowest BCUT2D eigenvalue weighted by atomic mass is 9.79. The van der Waals surface area contributed by atoms with Crippen LogP contribution in [0.1, 0.15) is 11.1 Å². The molecule has 0 N–H and O–H groups in total. The molecule has 5 aromatic carbocycles. The third-order valence-electron chi connectivity index (χ3n) is 10.6. The highest BCUT2D eigenvalue weighted by Gasteiger charge is 2.65. The molecule has 212 valence electrons. The topological polar surface area (TPSA) is 25.2 Å². The number of benzene rings is 5. The van der Waals surface area contributed by atoms with Gasteiger partial charge in [0.2, 0.25) is 0 Å². The van der Waals surface area contributed by atoms with E-state index in [1.807, 2.05) is 0 Å². The summed E-state index contributed by atoms with van der Waals surface area (Å²) in [5, 5.41) is 2.47. The summed E-state index contributed by atoms with van der Waals surface area (Å²) in [7, 11) is 0. The SMILES string of the molecule is c1ccc2c(c1)-c1ccccc1N1c3c-2ccc2c3C3(c4c(cccc4-n4c5ccccc5c5ccc[n+]3c54)O2)[n+]2ccccc21. The number of rotatable bonds is 0. The van der Waals surface area contributed by atoms with E-state index < -0.39 is 5.66 Å². The minimum Gasteiger partial charge on any atom is -0.456 e. The summed E-state index contributed by atoms with van der Waals surface area (Å²) in [5.41, 5.74) is 12.2. The van der Waals surface area contributed by atoms with E-state index in [2.05, 4.69) is 164 Å². The van der Waals surface area contributed by atoms with Crippen LogP contribution in [-0.4, -0.2) is 4.57 Å². The first-order valence-corrected chi connectivity index (χ1v) is 15.8. The van der Waals surface area contributed by atoms with Crippen LogP contribution in [-0.2, 0) is 5.66 Å². The van der Waals surface area contributed by atoms with Crippen LogP contribution in [0.15, 0.2) is 146 Å². The fraction of sp³-hybridized carbons (Fsp3) is 0.0244. The van der Waals surface area contributed by atoms with Crippen molar-refractivity contribution in [2.45, 2.75) is 5.66 Å². The first-order chi connectivity index (χ1) is 22.9. The van der Waals surface area contributed by atoms with Crippen LogP contribution in [0.2, 0.25) is 0 Å². The first-order valence-electron chi connectivity index (χ1n) is 15.8. The highest BCUT2D eigenvalue weighted by molar-refractivity contribution is 6.08. The molecule has 4 aliphatic heterocycles. The van der Waals surface area contributed by atoms with Crippen molar-refractivity contribution in [1.82, 2.24) is 4.57 Å². The van der Waals surface area contributed by atoms with Crippen molar-refractivity contribution in [2.75, 3.05) is 4.90 Å². The summed E-state index contributed by atoms with van der Waals surface area (Å²) in [6.07, 6.45) is 4.52. The highest BCUT2D eigenvalue weighted by atomic mass is 16.5. The summed E-state index contributed by atoms with van der Waals surface area (Å²) >= 11 is 0. The van der Waals surface area contributed by atoms with Gasteiger partial charge in [-0.3, -0.25) is 0 Å². The third-order valence-corrected chi connectivity index (χ3v) is 10.6. The van der Waals surface area contributed by atoms with Gasteiger partial charge in [0.1, 0.15) is 39.5 Å². The molecule has 0 bridgehead atoms. The molecule has 3 aromatic heterocycles. The number of anilines is 3. The molecule has 1 spiro atoms. The fourth-order valence-electron chi connectivity index (χ4n) is 8.98. The lowest BCUT2D eigenvalue weighted by Crippen LogP contribution is -2.78. The Balaban J connectivity index is 1.37. The van der Waals surface area contributed by atoms with Crippen molar-refractivity contribution >= 4 is 39.1 Å². The van der Waals surface area contributed by atoms with Crippen LogP contribution < -0.4 is 18.8 Å². The average Bonchev–Trinajstić information content (AvgIpc) is 3.39. The van der Waals surface area contributed by atoms with Gasteiger partial charge in [-0.1, -0.05) is 66.7 Å². The summed E-state index contributed by atoms with van der Waals surface area (Å²) in [6.45, 7) is 0. The van der Waals surface area contributed by atoms with E-state index in [0.29, 0.717) is 0 Å². The molecule has 0 aliphatic carbocycles. The molecule has 1 atom stereocenters. The molecule has 5 heteroatoms. The van der Waals surface area contributed by atoms with Crippen LogP contribution in [0.5, 0.6) is 11.5 Å². The number of ether oxygens (including phenoxy) is 1. The zero-order valence-electron chi connectivity index (χ0n) is 24.6. The quantitative estimate of drug-likeness (QED) is 0.166. The minimum absolute atomic E-state index is 0.754. The van der Waals surface area contributed by atoms with Gasteiger partial charge in [0.25, 0.3) is 11.5 Å². The van der Waals surface area contributed by atoms with Gasteiger partial charge in [0.15, 0.2) is 5.69 Å². The molecule has 0 saturated heterocycles. The molecule has 7 heterocycles. The van der Waals surface area contributed by atoms with Crippen molar-refractivity contribution in [3.8, 4) is 39.4 Å². The van der Waals surface area contributed by atoms with Crippen molar-refractivity contribution in [3.05, 3.63) is 157 Å². The first kappa shape index (κ1) is 23.2. The Morgan fingerprint density at radius 3 is 2.15 bits per heavy atom. The van der Waals surface area contributed by atoms with Gasteiger partial charge in [0.05, 0.1) is 17.8 Å². The molecule has 1 unspecified atom stereocenters. The largest absolute Gasteiger partial charge is 0.456 e. The van der Waals surface area contributed by atoms with Gasteiger partial charge in [-0.25, -0.2) is 0 Å². The molecule has 46 heavy (non-hydrogen) atoms. The standard InChI is InChI=1S/C41H24N4O/c1-2-12-26-25(11-1)27-13-3-6-17-32(27)45-36-20-7-8-23-42(36)41-37-33(18-9-19-34(37)46-35-22-21-29(26)39(45)38(35)41)44-31-16-5-4-14-28(31)30-15-10-24-43(41)40(30)44/h1-24H/q+2. The van der Waals surface area contributed by atoms with Gasteiger partial charge in [-0.05, 0) is 71.8 Å². The highest BCUT2D eigenvalue weighted by Crippen LogP contribution is 2.61. The smallest absolute Gasteiger partial charge is 0.321 e. The van der Waals surface area contributed by atoms with Crippen LogP contribution >= 0.6 is 0 Å². The van der Waals surface area contributed by atoms with Gasteiger partial charge in [-0.2, -0.15) is 18.6 Å². The maximum Gasteiger partial charge on any atom is 0.321 e. The summed E-state index contributed by atoms with van der Waals surface area (Å²) in [5.74, 6) is 2.86. The van der Waals surface area contributed by atoms with E-state index in [0.717, 1.165) is 45.5 Å². The number of para-hydroxylation sites is 2. The van der Waals surface area contributed by atoms with E-state index in [4.69, 9.17) is 4.74 Å². The van der Waals surface area contributed by atoms with E-state index in [1.165, 1.54) is 44.2 Å². The van der Waals surface area contributed by atoms with Gasteiger partial charge in [0, 0.05) is 22.6 Å². The van der Waals surface area contributed by atoms with Gasteiger partial charge >= 0.3 is 5.66 Å². The maximum absolute atomic E-state index is 7.00. The molecule has 4 aliphatic rings. The predicted octanol–water partition coefficient (Wildman–Crippen LogP) is 8.51. The average molecular weight is 589 g/mol. The zero-order valence-corrected chi connectivity index (χ0v) is 24.6. The Bertz CT molecular complexity index is 2710. The number of hydrogen-bond acceptors (Lipinski definition) is 2. The van der Waals surface area contributed by atoms with Crippen molar-refractivity contribution in [3.63, 3.8) is 0 Å². The molecule has 0 radical (unpaired) electrons. The summed E-state index contributed by atoms with van der Waals surface area (Å²) in [6, 6.07) is 48.4. The third kappa shape index (κ3) is 2.38. The van der Waals surface area contributed by atoms with E-state index >= 15 is 0 Å². The molecular formula is C41H24N4O+2. The van der Waals surface area contributed by atoms with Crippen molar-refractivity contribution in [1.29, 1.82) is 0 Å². The number of fused-ring (bicyclic) bond motifs is 11. The van der Waals surface area contributed by atoms with E-state index in [9.17, 15) is 0 Å². The Hall–Kier alpha value is -6.20. The monoisotopic (exact) mass is 588 g/mol. The molecule has 5 nitrogen and oxygen atoms in total. The summed E-state index contributed by atoms with van der Waals surface area (Å²) in [4.78, 5) is 2.47. The predicted molar refractivity (Wildman–Crippen MR) is 178 cm³/mol. The van der Waals surface area contributed by atoms with E-state index in [1.54, 1.807) is 0 Å². The maximum atomic E-state index is 7.00. The van der Waals surface area contributed by atoms with Crippen molar-refractivity contribution < 1.29 is 13.9 Å². The van der Waals surface area contributed by atoms with Crippen LogP contribution in [0, 0.1) is 0 Å². The second kappa shape index (κ2) is 7.71. The van der Waals surface area contributed by atoms with Gasteiger partial charge < -0.3 is 4.74 Å². The lowest BCUT2D eigenvalue weighted by molar-refractivity contribution is -0.958. The minimum atomic E-state index is -0.754. The Kier molecular flexibility index (Phi) is 3.89. The molecule has 0 saturated carbocycles. The number of pyridine rings is 2. The Morgan fingerprint density at radius 2 is 1.22 bits per heavy atom. The number of aromatic nitrogens is 3. The molecule has 0 fully saturated rings. The second-order valence-electron chi connectivity index (χ2n) is 12.6. The van der Waals surface area contributed by atoms with Gasteiger partial charge in [-0.15, -0.1) is 0 Å². The van der Waals surface area contributed by atoms with Crippen molar-refractivity contribution in [2.24, 2.45) is 0 Å². The molecule has 0 amide bonds. The normalized spacial score (nSPS) is 16.9. The summed E-state index contributed by atoms with van der Waals surface area (Å²) < 4.78 is 14.4. The number of nitrogens with zero attached hydrogens (tertiary/aromatic N) is 4. The molecule has 8 aromatic rings. The van der Waals surface area contributed by atoms with Crippen LogP contribution in [0.4, 0.5) is 17.2 Å².